The topological polar surface area (TPSA) is 34.2 Å². The normalized spacial score (nSPS) is 10.5. The highest BCUT2D eigenvalue weighted by molar-refractivity contribution is 5.39. The first-order chi connectivity index (χ1) is 10.1. The number of nitrogens with one attached hydrogen (secondary N) is 1. The summed E-state index contributed by atoms with van der Waals surface area (Å²) in [5.41, 5.74) is 0.270. The molecular formula is C15H15F3N2O. The van der Waals surface area contributed by atoms with Crippen LogP contribution in [0, 0.1) is 17.5 Å². The molecule has 0 atom stereocenters. The predicted octanol–water partition coefficient (Wildman–Crippen LogP) is 3.90. The van der Waals surface area contributed by atoms with Gasteiger partial charge in [-0.05, 0) is 12.5 Å². The average Bonchev–Trinajstić information content (AvgIpc) is 2.47. The van der Waals surface area contributed by atoms with Gasteiger partial charge in [-0.25, -0.2) is 13.2 Å². The van der Waals surface area contributed by atoms with Crippen LogP contribution in [0.3, 0.4) is 0 Å². The summed E-state index contributed by atoms with van der Waals surface area (Å²) >= 11 is 0. The minimum absolute atomic E-state index is 0.0817. The lowest BCUT2D eigenvalue weighted by Crippen LogP contribution is -2.08. The van der Waals surface area contributed by atoms with Crippen molar-refractivity contribution in [3.8, 4) is 5.88 Å². The van der Waals surface area contributed by atoms with Crippen molar-refractivity contribution in [2.75, 3.05) is 11.9 Å². The fourth-order valence-electron chi connectivity index (χ4n) is 1.68. The number of anilines is 1. The molecule has 3 nitrogen and oxygen atoms in total. The van der Waals surface area contributed by atoms with E-state index in [4.69, 9.17) is 4.74 Å². The molecule has 2 rings (SSSR count). The van der Waals surface area contributed by atoms with Crippen LogP contribution in [0.2, 0.25) is 0 Å². The summed E-state index contributed by atoms with van der Waals surface area (Å²) in [4.78, 5) is 3.75. The van der Waals surface area contributed by atoms with Crippen LogP contribution in [0.4, 0.5) is 19.0 Å². The molecule has 0 fully saturated rings. The lowest BCUT2D eigenvalue weighted by Gasteiger charge is -2.10. The van der Waals surface area contributed by atoms with Gasteiger partial charge in [-0.2, -0.15) is 4.98 Å². The van der Waals surface area contributed by atoms with Crippen LogP contribution >= 0.6 is 0 Å². The zero-order chi connectivity index (χ0) is 15.2. The molecule has 0 saturated heterocycles. The molecule has 112 valence electrons. The van der Waals surface area contributed by atoms with Crippen molar-refractivity contribution in [1.29, 1.82) is 0 Å². The number of ether oxygens (including phenoxy) is 1. The maximum absolute atomic E-state index is 13.6. The van der Waals surface area contributed by atoms with E-state index >= 15 is 0 Å². The fraction of sp³-hybridized carbons (Fsp3) is 0.267. The average molecular weight is 296 g/mol. The van der Waals surface area contributed by atoms with Crippen LogP contribution in [0.15, 0.2) is 30.3 Å². The van der Waals surface area contributed by atoms with Crippen LogP contribution < -0.4 is 10.1 Å². The van der Waals surface area contributed by atoms with Gasteiger partial charge in [0.1, 0.15) is 12.4 Å². The van der Waals surface area contributed by atoms with Crippen LogP contribution in [0.1, 0.15) is 18.9 Å². The van der Waals surface area contributed by atoms with Crippen molar-refractivity contribution in [1.82, 2.24) is 4.98 Å². The zero-order valence-corrected chi connectivity index (χ0v) is 11.5. The van der Waals surface area contributed by atoms with Crippen molar-refractivity contribution < 1.29 is 17.9 Å². The minimum Gasteiger partial charge on any atom is -0.471 e. The van der Waals surface area contributed by atoms with Crippen LogP contribution in [0.25, 0.3) is 0 Å². The van der Waals surface area contributed by atoms with Gasteiger partial charge in [-0.15, -0.1) is 0 Å². The second kappa shape index (κ2) is 6.97. The number of aromatic nitrogens is 1. The highest BCUT2D eigenvalue weighted by Gasteiger charge is 2.13. The standard InChI is InChI=1S/C15H15F3N2O/c1-2-7-19-14-12(17)8-13(18)15(20-14)21-9-10-5-3-4-6-11(10)16/h3-6,8H,2,7,9H2,1H3,(H,19,20). The van der Waals surface area contributed by atoms with E-state index in [1.54, 1.807) is 12.1 Å². The van der Waals surface area contributed by atoms with E-state index in [2.05, 4.69) is 10.3 Å². The van der Waals surface area contributed by atoms with Gasteiger partial charge in [0.15, 0.2) is 17.5 Å². The largest absolute Gasteiger partial charge is 0.471 e. The monoisotopic (exact) mass is 296 g/mol. The van der Waals surface area contributed by atoms with Gasteiger partial charge in [0.05, 0.1) is 0 Å². The van der Waals surface area contributed by atoms with Crippen molar-refractivity contribution in [3.63, 3.8) is 0 Å². The van der Waals surface area contributed by atoms with E-state index in [1.165, 1.54) is 12.1 Å². The molecule has 0 aliphatic rings. The minimum atomic E-state index is -0.925. The van der Waals surface area contributed by atoms with Gasteiger partial charge in [-0.1, -0.05) is 25.1 Å². The van der Waals surface area contributed by atoms with Gasteiger partial charge in [0.2, 0.25) is 0 Å². The molecule has 0 saturated carbocycles. The molecule has 0 spiro atoms. The number of nitrogens with zero attached hydrogens (tertiary/aromatic N) is 1. The van der Waals surface area contributed by atoms with Crippen LogP contribution in [-0.2, 0) is 6.61 Å². The zero-order valence-electron chi connectivity index (χ0n) is 11.5. The highest BCUT2D eigenvalue weighted by atomic mass is 19.1. The Labute approximate surface area is 120 Å². The van der Waals surface area contributed by atoms with E-state index in [0.29, 0.717) is 12.6 Å². The molecule has 21 heavy (non-hydrogen) atoms. The molecule has 1 aromatic carbocycles. The van der Waals surface area contributed by atoms with Crippen molar-refractivity contribution >= 4 is 5.82 Å². The summed E-state index contributed by atoms with van der Waals surface area (Å²) in [6.07, 6.45) is 0.768. The van der Waals surface area contributed by atoms with E-state index in [1.807, 2.05) is 6.92 Å². The van der Waals surface area contributed by atoms with Crippen LogP contribution in [-0.4, -0.2) is 11.5 Å². The molecule has 1 N–H and O–H groups in total. The van der Waals surface area contributed by atoms with E-state index in [9.17, 15) is 13.2 Å². The number of rotatable bonds is 6. The Morgan fingerprint density at radius 1 is 1.10 bits per heavy atom. The predicted molar refractivity (Wildman–Crippen MR) is 73.7 cm³/mol. The van der Waals surface area contributed by atoms with Gasteiger partial charge in [-0.3, -0.25) is 0 Å². The van der Waals surface area contributed by atoms with Crippen molar-refractivity contribution in [2.45, 2.75) is 20.0 Å². The Balaban J connectivity index is 2.14. The molecule has 0 radical (unpaired) electrons. The summed E-state index contributed by atoms with van der Waals surface area (Å²) in [5, 5.41) is 2.73. The number of benzene rings is 1. The number of pyridine rings is 1. The highest BCUT2D eigenvalue weighted by Crippen LogP contribution is 2.22. The lowest BCUT2D eigenvalue weighted by atomic mass is 10.2. The number of hydrogen-bond acceptors (Lipinski definition) is 3. The van der Waals surface area contributed by atoms with E-state index < -0.39 is 17.5 Å². The first-order valence-corrected chi connectivity index (χ1v) is 6.58. The molecule has 0 unspecified atom stereocenters. The number of halogens is 3. The quantitative estimate of drug-likeness (QED) is 0.878. The smallest absolute Gasteiger partial charge is 0.252 e. The Bertz CT molecular complexity index is 620. The molecule has 6 heteroatoms. The summed E-state index contributed by atoms with van der Waals surface area (Å²) in [6.45, 7) is 2.22. The van der Waals surface area contributed by atoms with Crippen LogP contribution in [0.5, 0.6) is 5.88 Å². The molecule has 0 bridgehead atoms. The molecule has 1 heterocycles. The Kier molecular flexibility index (Phi) is 5.03. The third-order valence-corrected chi connectivity index (χ3v) is 2.76. The number of hydrogen-bond donors (Lipinski definition) is 1. The Hall–Kier alpha value is -2.24. The fourth-order valence-corrected chi connectivity index (χ4v) is 1.68. The lowest BCUT2D eigenvalue weighted by molar-refractivity contribution is 0.271. The first kappa shape index (κ1) is 15.2. The molecule has 0 aliphatic heterocycles. The SMILES string of the molecule is CCCNc1nc(OCc2ccccc2F)c(F)cc1F. The summed E-state index contributed by atoms with van der Waals surface area (Å²) < 4.78 is 45.7. The second-order valence-electron chi connectivity index (χ2n) is 4.41. The molecule has 0 amide bonds. The van der Waals surface area contributed by atoms with E-state index in [0.717, 1.165) is 6.42 Å². The molecule has 1 aromatic heterocycles. The van der Waals surface area contributed by atoms with Gasteiger partial charge < -0.3 is 10.1 Å². The maximum Gasteiger partial charge on any atom is 0.252 e. The molecular weight excluding hydrogens is 281 g/mol. The summed E-state index contributed by atoms with van der Waals surface area (Å²) in [7, 11) is 0. The first-order valence-electron chi connectivity index (χ1n) is 6.58. The molecule has 2 aromatic rings. The van der Waals surface area contributed by atoms with Gasteiger partial charge in [0.25, 0.3) is 5.88 Å². The van der Waals surface area contributed by atoms with Gasteiger partial charge in [0, 0.05) is 18.2 Å². The third-order valence-electron chi connectivity index (χ3n) is 2.76. The summed E-state index contributed by atoms with van der Waals surface area (Å²) in [5.74, 6) is -2.62. The Morgan fingerprint density at radius 2 is 1.86 bits per heavy atom. The Morgan fingerprint density at radius 3 is 2.57 bits per heavy atom. The maximum atomic E-state index is 13.6. The van der Waals surface area contributed by atoms with Crippen molar-refractivity contribution in [2.24, 2.45) is 0 Å². The second-order valence-corrected chi connectivity index (χ2v) is 4.41. The van der Waals surface area contributed by atoms with Crippen molar-refractivity contribution in [3.05, 3.63) is 53.3 Å². The van der Waals surface area contributed by atoms with E-state index in [-0.39, 0.29) is 23.9 Å². The molecule has 0 aliphatic carbocycles. The van der Waals surface area contributed by atoms with Gasteiger partial charge >= 0.3 is 0 Å². The summed E-state index contributed by atoms with van der Waals surface area (Å²) in [6, 6.07) is 6.68. The third kappa shape index (κ3) is 3.87.